The minimum absolute atomic E-state index is 0.341. The first-order valence-corrected chi connectivity index (χ1v) is 6.78. The molecule has 0 aromatic heterocycles. The zero-order chi connectivity index (χ0) is 13.6. The molecular formula is C12H16O5P+. The van der Waals surface area contributed by atoms with E-state index in [1.165, 1.54) is 0 Å². The van der Waals surface area contributed by atoms with Crippen LogP contribution in [0.15, 0.2) is 24.3 Å². The van der Waals surface area contributed by atoms with Gasteiger partial charge in [-0.2, -0.15) is 0 Å². The normalized spacial score (nSPS) is 12.1. The molecule has 0 saturated carbocycles. The molecule has 18 heavy (non-hydrogen) atoms. The highest BCUT2D eigenvalue weighted by Crippen LogP contribution is 2.34. The van der Waals surface area contributed by atoms with Crippen molar-refractivity contribution in [3.8, 4) is 5.75 Å². The molecule has 1 N–H and O–H groups in total. The lowest BCUT2D eigenvalue weighted by Gasteiger charge is -2.26. The van der Waals surface area contributed by atoms with Crippen LogP contribution in [0, 0.1) is 0 Å². The predicted octanol–water partition coefficient (Wildman–Crippen LogP) is 3.06. The van der Waals surface area contributed by atoms with Crippen LogP contribution in [-0.2, 0) is 9.09 Å². The number of ether oxygens (including phenoxy) is 1. The maximum Gasteiger partial charge on any atom is 0.698 e. The summed E-state index contributed by atoms with van der Waals surface area (Å²) >= 11 is 0. The summed E-state index contributed by atoms with van der Waals surface area (Å²) in [7, 11) is -2.77. The molecule has 0 heterocycles. The predicted molar refractivity (Wildman–Crippen MR) is 66.7 cm³/mol. The number of rotatable bonds is 7. The molecule has 6 heteroatoms. The fraction of sp³-hybridized carbons (Fsp3) is 0.417. The summed E-state index contributed by atoms with van der Waals surface area (Å²) in [5, 5.41) is 0. The Morgan fingerprint density at radius 3 is 2.44 bits per heavy atom. The van der Waals surface area contributed by atoms with E-state index in [9.17, 15) is 9.36 Å². The van der Waals surface area contributed by atoms with Crippen molar-refractivity contribution in [2.75, 3.05) is 0 Å². The summed E-state index contributed by atoms with van der Waals surface area (Å²) in [6, 6.07) is 6.66. The van der Waals surface area contributed by atoms with E-state index in [4.69, 9.17) is 14.2 Å². The third-order valence-electron chi connectivity index (χ3n) is 2.66. The van der Waals surface area contributed by atoms with Crippen molar-refractivity contribution in [2.24, 2.45) is 0 Å². The fourth-order valence-corrected chi connectivity index (χ4v) is 2.14. The Bertz CT molecular complexity index is 428. The van der Waals surface area contributed by atoms with Gasteiger partial charge in [0.2, 0.25) is 0 Å². The summed E-state index contributed by atoms with van der Waals surface area (Å²) < 4.78 is 21.5. The van der Waals surface area contributed by atoms with Crippen molar-refractivity contribution in [1.29, 1.82) is 0 Å². The van der Waals surface area contributed by atoms with Gasteiger partial charge in [0, 0.05) is 17.4 Å². The van der Waals surface area contributed by atoms with Crippen LogP contribution < -0.4 is 4.74 Å². The Kier molecular flexibility index (Phi) is 5.41. The molecule has 0 spiro atoms. The molecule has 1 rings (SSSR count). The quantitative estimate of drug-likeness (QED) is 0.468. The molecule has 1 aromatic carbocycles. The monoisotopic (exact) mass is 271 g/mol. The van der Waals surface area contributed by atoms with Crippen molar-refractivity contribution in [1.82, 2.24) is 0 Å². The summed E-state index contributed by atoms with van der Waals surface area (Å²) in [4.78, 5) is 19.8. The zero-order valence-electron chi connectivity index (χ0n) is 10.3. The standard InChI is InChI=1S/C12H15O5P/c1-3-12(4-2,17-18(14)15)16-11-8-6-5-7-10(11)9-13/h5-9H,3-4H2,1-2H3/p+1. The van der Waals surface area contributed by atoms with Gasteiger partial charge in [-0.05, 0) is 12.1 Å². The Balaban J connectivity index is 3.02. The van der Waals surface area contributed by atoms with Crippen LogP contribution in [-0.4, -0.2) is 17.0 Å². The molecule has 0 bridgehead atoms. The molecule has 1 unspecified atom stereocenters. The molecule has 0 amide bonds. The van der Waals surface area contributed by atoms with Crippen molar-refractivity contribution >= 4 is 14.5 Å². The number of carbonyl (C=O) groups excluding carboxylic acids is 1. The molecule has 1 atom stereocenters. The van der Waals surface area contributed by atoms with E-state index in [0.29, 0.717) is 30.4 Å². The first-order valence-electron chi connectivity index (χ1n) is 5.65. The zero-order valence-corrected chi connectivity index (χ0v) is 11.2. The van der Waals surface area contributed by atoms with Crippen LogP contribution in [0.3, 0.4) is 0 Å². The number of hydrogen-bond donors (Lipinski definition) is 1. The van der Waals surface area contributed by atoms with Gasteiger partial charge in [-0.15, -0.1) is 4.89 Å². The molecule has 0 aliphatic carbocycles. The third-order valence-corrected chi connectivity index (χ3v) is 3.15. The van der Waals surface area contributed by atoms with E-state index >= 15 is 0 Å². The summed E-state index contributed by atoms with van der Waals surface area (Å²) in [5.74, 6) is -0.852. The molecule has 1 aromatic rings. The summed E-state index contributed by atoms with van der Waals surface area (Å²) in [6.07, 6.45) is 1.45. The Morgan fingerprint density at radius 1 is 1.33 bits per heavy atom. The molecule has 0 aliphatic heterocycles. The number of para-hydroxylation sites is 1. The van der Waals surface area contributed by atoms with Crippen LogP contribution in [0.1, 0.15) is 37.0 Å². The van der Waals surface area contributed by atoms with Gasteiger partial charge in [0.15, 0.2) is 6.29 Å². The second-order valence-corrected chi connectivity index (χ2v) is 4.36. The number of benzene rings is 1. The van der Waals surface area contributed by atoms with E-state index in [2.05, 4.69) is 0 Å². The van der Waals surface area contributed by atoms with Crippen molar-refractivity contribution in [2.45, 2.75) is 32.5 Å². The average molecular weight is 271 g/mol. The number of aldehydes is 1. The number of carbonyl (C=O) groups is 1. The van der Waals surface area contributed by atoms with Gasteiger partial charge in [0.1, 0.15) is 5.75 Å². The molecule has 98 valence electrons. The molecule has 0 radical (unpaired) electrons. The lowest BCUT2D eigenvalue weighted by Crippen LogP contribution is -2.36. The number of hydrogen-bond acceptors (Lipinski definition) is 4. The lowest BCUT2D eigenvalue weighted by atomic mass is 10.1. The van der Waals surface area contributed by atoms with Crippen molar-refractivity contribution in [3.05, 3.63) is 29.8 Å². The van der Waals surface area contributed by atoms with Crippen LogP contribution in [0.2, 0.25) is 0 Å². The van der Waals surface area contributed by atoms with Gasteiger partial charge >= 0.3 is 8.25 Å². The van der Waals surface area contributed by atoms with Gasteiger partial charge in [-0.3, -0.25) is 4.79 Å². The topological polar surface area (TPSA) is 72.8 Å². The van der Waals surface area contributed by atoms with Crippen LogP contribution >= 0.6 is 8.25 Å². The van der Waals surface area contributed by atoms with Gasteiger partial charge in [-0.25, -0.2) is 0 Å². The van der Waals surface area contributed by atoms with Crippen LogP contribution in [0.4, 0.5) is 0 Å². The highest BCUT2D eigenvalue weighted by atomic mass is 31.1. The molecule has 0 aliphatic rings. The molecule has 0 saturated heterocycles. The molecule has 5 nitrogen and oxygen atoms in total. The smallest absolute Gasteiger partial charge is 0.457 e. The maximum absolute atomic E-state index is 10.9. The Morgan fingerprint density at radius 2 is 1.94 bits per heavy atom. The average Bonchev–Trinajstić information content (AvgIpc) is 2.38. The van der Waals surface area contributed by atoms with E-state index in [-0.39, 0.29) is 0 Å². The second-order valence-electron chi connectivity index (χ2n) is 3.70. The van der Waals surface area contributed by atoms with Crippen molar-refractivity contribution in [3.63, 3.8) is 0 Å². The first kappa shape index (κ1) is 14.8. The van der Waals surface area contributed by atoms with Crippen LogP contribution in [0.5, 0.6) is 5.75 Å². The van der Waals surface area contributed by atoms with Gasteiger partial charge in [0.05, 0.1) is 5.56 Å². The van der Waals surface area contributed by atoms with Gasteiger partial charge < -0.3 is 4.74 Å². The summed E-state index contributed by atoms with van der Waals surface area (Å²) in [6.45, 7) is 3.57. The Hall–Kier alpha value is -1.29. The highest BCUT2D eigenvalue weighted by Gasteiger charge is 2.40. The largest absolute Gasteiger partial charge is 0.698 e. The van der Waals surface area contributed by atoms with Crippen LogP contribution in [0.25, 0.3) is 0 Å². The van der Waals surface area contributed by atoms with E-state index in [1.54, 1.807) is 38.1 Å². The van der Waals surface area contributed by atoms with Gasteiger partial charge in [0.25, 0.3) is 5.79 Å². The lowest BCUT2D eigenvalue weighted by molar-refractivity contribution is -0.119. The SMILES string of the molecule is CCC(CC)(Oc1ccccc1C=O)O[P+](=O)O. The fourth-order valence-electron chi connectivity index (χ4n) is 1.56. The highest BCUT2D eigenvalue weighted by molar-refractivity contribution is 7.32. The molecular weight excluding hydrogens is 255 g/mol. The van der Waals surface area contributed by atoms with Gasteiger partial charge in [-0.1, -0.05) is 30.5 Å². The molecule has 0 fully saturated rings. The summed E-state index contributed by atoms with van der Waals surface area (Å²) in [5.41, 5.74) is 0.376. The third kappa shape index (κ3) is 3.60. The van der Waals surface area contributed by atoms with E-state index in [1.807, 2.05) is 0 Å². The maximum atomic E-state index is 10.9. The minimum Gasteiger partial charge on any atom is -0.457 e. The van der Waals surface area contributed by atoms with E-state index in [0.717, 1.165) is 0 Å². The van der Waals surface area contributed by atoms with E-state index < -0.39 is 14.0 Å². The van der Waals surface area contributed by atoms with Crippen molar-refractivity contribution < 1.29 is 23.5 Å². The first-order chi connectivity index (χ1) is 8.56. The minimum atomic E-state index is -2.77. The second kappa shape index (κ2) is 6.59. The Labute approximate surface area is 107 Å².